The Labute approximate surface area is 114 Å². The summed E-state index contributed by atoms with van der Waals surface area (Å²) in [6.07, 6.45) is 0. The largest absolute Gasteiger partial charge is 0.497 e. The van der Waals surface area contributed by atoms with Crippen molar-refractivity contribution in [1.29, 1.82) is 0 Å². The summed E-state index contributed by atoms with van der Waals surface area (Å²) in [5, 5.41) is 3.22. The number of halogens is 2. The zero-order chi connectivity index (χ0) is 13.0. The minimum Gasteiger partial charge on any atom is -0.497 e. The van der Waals surface area contributed by atoms with Crippen LogP contribution in [-0.2, 0) is 6.54 Å². The third-order valence-electron chi connectivity index (χ3n) is 2.49. The second-order valence-corrected chi connectivity index (χ2v) is 4.78. The van der Waals surface area contributed by atoms with Gasteiger partial charge in [0.05, 0.1) is 7.11 Å². The minimum absolute atomic E-state index is 0.244. The van der Waals surface area contributed by atoms with Crippen molar-refractivity contribution in [2.75, 3.05) is 12.4 Å². The van der Waals surface area contributed by atoms with Crippen molar-refractivity contribution in [1.82, 2.24) is 0 Å². The Bertz CT molecular complexity index is 525. The molecular weight excluding hydrogens is 297 g/mol. The minimum atomic E-state index is -0.244. The molecule has 2 rings (SSSR count). The van der Waals surface area contributed by atoms with E-state index in [-0.39, 0.29) is 5.82 Å². The molecule has 94 valence electrons. The van der Waals surface area contributed by atoms with Crippen LogP contribution in [0.1, 0.15) is 5.56 Å². The lowest BCUT2D eigenvalue weighted by atomic mass is 10.2. The van der Waals surface area contributed by atoms with E-state index in [9.17, 15) is 4.39 Å². The molecule has 0 atom stereocenters. The zero-order valence-corrected chi connectivity index (χ0v) is 11.5. The highest BCUT2D eigenvalue weighted by Gasteiger charge is 2.00. The second kappa shape index (κ2) is 5.87. The number of nitrogens with one attached hydrogen (secondary N) is 1. The lowest BCUT2D eigenvalue weighted by molar-refractivity contribution is 0.415. The van der Waals surface area contributed by atoms with E-state index >= 15 is 0 Å². The molecule has 2 aromatic rings. The van der Waals surface area contributed by atoms with Gasteiger partial charge in [-0.05, 0) is 35.9 Å². The third kappa shape index (κ3) is 3.47. The maximum atomic E-state index is 13.2. The number of anilines is 1. The molecule has 0 aromatic heterocycles. The number of benzene rings is 2. The number of rotatable bonds is 4. The zero-order valence-electron chi connectivity index (χ0n) is 9.91. The van der Waals surface area contributed by atoms with Crippen molar-refractivity contribution in [3.63, 3.8) is 0 Å². The lowest BCUT2D eigenvalue weighted by Gasteiger charge is -2.08. The molecule has 0 radical (unpaired) electrons. The standard InChI is InChI=1S/C14H13BrFNO/c1-18-14-4-2-3-13(8-14)17-9-10-5-11(15)7-12(16)6-10/h2-8,17H,9H2,1H3. The fourth-order valence-corrected chi connectivity index (χ4v) is 2.16. The van der Waals surface area contributed by atoms with Crippen LogP contribution in [0.5, 0.6) is 5.75 Å². The first-order valence-electron chi connectivity index (χ1n) is 5.50. The predicted octanol–water partition coefficient (Wildman–Crippen LogP) is 4.21. The van der Waals surface area contributed by atoms with E-state index in [0.717, 1.165) is 21.5 Å². The van der Waals surface area contributed by atoms with Gasteiger partial charge in [-0.25, -0.2) is 4.39 Å². The molecular formula is C14H13BrFNO. The molecule has 18 heavy (non-hydrogen) atoms. The van der Waals surface area contributed by atoms with Crippen molar-refractivity contribution in [2.24, 2.45) is 0 Å². The summed E-state index contributed by atoms with van der Waals surface area (Å²) in [4.78, 5) is 0. The summed E-state index contributed by atoms with van der Waals surface area (Å²) < 4.78 is 19.1. The van der Waals surface area contributed by atoms with Crippen LogP contribution in [-0.4, -0.2) is 7.11 Å². The molecule has 0 saturated heterocycles. The highest BCUT2D eigenvalue weighted by atomic mass is 79.9. The quantitative estimate of drug-likeness (QED) is 0.913. The van der Waals surface area contributed by atoms with Gasteiger partial charge in [0.25, 0.3) is 0 Å². The summed E-state index contributed by atoms with van der Waals surface area (Å²) in [6, 6.07) is 12.5. The van der Waals surface area contributed by atoms with E-state index in [2.05, 4.69) is 21.2 Å². The second-order valence-electron chi connectivity index (χ2n) is 3.86. The topological polar surface area (TPSA) is 21.3 Å². The van der Waals surface area contributed by atoms with Gasteiger partial charge in [-0.15, -0.1) is 0 Å². The molecule has 0 bridgehead atoms. The van der Waals surface area contributed by atoms with Crippen LogP contribution in [0.4, 0.5) is 10.1 Å². The van der Waals surface area contributed by atoms with Gasteiger partial charge in [0.1, 0.15) is 11.6 Å². The van der Waals surface area contributed by atoms with E-state index in [1.165, 1.54) is 12.1 Å². The molecule has 2 nitrogen and oxygen atoms in total. The van der Waals surface area contributed by atoms with Crippen molar-refractivity contribution < 1.29 is 9.13 Å². The van der Waals surface area contributed by atoms with Crippen LogP contribution in [0.15, 0.2) is 46.9 Å². The fraction of sp³-hybridized carbons (Fsp3) is 0.143. The fourth-order valence-electron chi connectivity index (χ4n) is 1.65. The number of ether oxygens (including phenoxy) is 1. The molecule has 0 amide bonds. The third-order valence-corrected chi connectivity index (χ3v) is 2.95. The first-order chi connectivity index (χ1) is 8.67. The Balaban J connectivity index is 2.06. The Morgan fingerprint density at radius 3 is 2.78 bits per heavy atom. The van der Waals surface area contributed by atoms with Crippen LogP contribution in [0.2, 0.25) is 0 Å². The monoisotopic (exact) mass is 309 g/mol. The summed E-state index contributed by atoms with van der Waals surface area (Å²) in [6.45, 7) is 0.559. The first kappa shape index (κ1) is 12.9. The smallest absolute Gasteiger partial charge is 0.124 e. The Morgan fingerprint density at radius 2 is 2.06 bits per heavy atom. The molecule has 2 aromatic carbocycles. The van der Waals surface area contributed by atoms with Crippen LogP contribution >= 0.6 is 15.9 Å². The Morgan fingerprint density at radius 1 is 1.22 bits per heavy atom. The van der Waals surface area contributed by atoms with Crippen LogP contribution in [0.25, 0.3) is 0 Å². The highest BCUT2D eigenvalue weighted by Crippen LogP contribution is 2.19. The summed E-state index contributed by atoms with van der Waals surface area (Å²) in [5.41, 5.74) is 1.82. The van der Waals surface area contributed by atoms with Gasteiger partial charge in [0.15, 0.2) is 0 Å². The Hall–Kier alpha value is -1.55. The van der Waals surface area contributed by atoms with Crippen molar-refractivity contribution in [2.45, 2.75) is 6.54 Å². The molecule has 4 heteroatoms. The predicted molar refractivity (Wildman–Crippen MR) is 74.4 cm³/mol. The molecule has 0 unspecified atom stereocenters. The SMILES string of the molecule is COc1cccc(NCc2cc(F)cc(Br)c2)c1. The van der Waals surface area contributed by atoms with Crippen molar-refractivity contribution in [3.8, 4) is 5.75 Å². The van der Waals surface area contributed by atoms with E-state index < -0.39 is 0 Å². The number of methoxy groups -OCH3 is 1. The average molecular weight is 310 g/mol. The molecule has 0 heterocycles. The van der Waals surface area contributed by atoms with Gasteiger partial charge in [0.2, 0.25) is 0 Å². The van der Waals surface area contributed by atoms with E-state index in [1.807, 2.05) is 30.3 Å². The van der Waals surface area contributed by atoms with Gasteiger partial charge in [0, 0.05) is 22.8 Å². The lowest BCUT2D eigenvalue weighted by Crippen LogP contribution is -2.00. The van der Waals surface area contributed by atoms with Crippen molar-refractivity contribution in [3.05, 3.63) is 58.3 Å². The van der Waals surface area contributed by atoms with Gasteiger partial charge in [-0.2, -0.15) is 0 Å². The van der Waals surface area contributed by atoms with Crippen LogP contribution in [0, 0.1) is 5.82 Å². The van der Waals surface area contributed by atoms with E-state index in [0.29, 0.717) is 6.54 Å². The van der Waals surface area contributed by atoms with Gasteiger partial charge in [-0.1, -0.05) is 22.0 Å². The van der Waals surface area contributed by atoms with Crippen molar-refractivity contribution >= 4 is 21.6 Å². The van der Waals surface area contributed by atoms with E-state index in [1.54, 1.807) is 7.11 Å². The van der Waals surface area contributed by atoms with Gasteiger partial charge in [-0.3, -0.25) is 0 Å². The molecule has 0 spiro atoms. The van der Waals surface area contributed by atoms with Crippen LogP contribution < -0.4 is 10.1 Å². The molecule has 0 aliphatic carbocycles. The van der Waals surface area contributed by atoms with E-state index in [4.69, 9.17) is 4.74 Å². The molecule has 1 N–H and O–H groups in total. The molecule has 0 saturated carbocycles. The number of hydrogen-bond donors (Lipinski definition) is 1. The molecule has 0 aliphatic rings. The summed E-state index contributed by atoms with van der Waals surface area (Å²) in [7, 11) is 1.63. The normalized spacial score (nSPS) is 10.2. The summed E-state index contributed by atoms with van der Waals surface area (Å²) >= 11 is 3.27. The molecule has 0 aliphatic heterocycles. The van der Waals surface area contributed by atoms with Gasteiger partial charge < -0.3 is 10.1 Å². The summed E-state index contributed by atoms with van der Waals surface area (Å²) in [5.74, 6) is 0.548. The highest BCUT2D eigenvalue weighted by molar-refractivity contribution is 9.10. The first-order valence-corrected chi connectivity index (χ1v) is 6.29. The Kier molecular flexibility index (Phi) is 4.20. The average Bonchev–Trinajstić information content (AvgIpc) is 2.35. The van der Waals surface area contributed by atoms with Crippen LogP contribution in [0.3, 0.4) is 0 Å². The van der Waals surface area contributed by atoms with Gasteiger partial charge >= 0.3 is 0 Å². The maximum absolute atomic E-state index is 13.2. The molecule has 0 fully saturated rings. The number of hydrogen-bond acceptors (Lipinski definition) is 2. The maximum Gasteiger partial charge on any atom is 0.124 e.